The lowest BCUT2D eigenvalue weighted by Gasteiger charge is -2.26. The molecule has 0 amide bonds. The van der Waals surface area contributed by atoms with Crippen LogP contribution < -0.4 is 4.90 Å². The first kappa shape index (κ1) is 31.0. The molecule has 0 unspecified atom stereocenters. The number of fused-ring (bicyclic) bond motifs is 4. The van der Waals surface area contributed by atoms with Gasteiger partial charge >= 0.3 is 0 Å². The molecule has 0 aliphatic carbocycles. The highest BCUT2D eigenvalue weighted by Gasteiger charge is 2.18. The predicted octanol–water partition coefficient (Wildman–Crippen LogP) is 14.3. The van der Waals surface area contributed by atoms with Crippen LogP contribution in [-0.2, 0) is 0 Å². The molecule has 53 heavy (non-hydrogen) atoms. The minimum absolute atomic E-state index is 0.876. The van der Waals surface area contributed by atoms with E-state index in [9.17, 15) is 0 Å². The van der Waals surface area contributed by atoms with Crippen LogP contribution in [0.1, 0.15) is 0 Å². The highest BCUT2D eigenvalue weighted by atomic mass is 32.1. The summed E-state index contributed by atoms with van der Waals surface area (Å²) in [6.45, 7) is 0. The number of thiazole rings is 1. The fourth-order valence-electron chi connectivity index (χ4n) is 7.30. The molecule has 10 aromatic rings. The van der Waals surface area contributed by atoms with Crippen LogP contribution in [0, 0.1) is 0 Å². The summed E-state index contributed by atoms with van der Waals surface area (Å²) >= 11 is 1.70. The molecule has 0 saturated carbocycles. The summed E-state index contributed by atoms with van der Waals surface area (Å²) in [5.41, 5.74) is 14.2. The van der Waals surface area contributed by atoms with Crippen LogP contribution in [0.15, 0.2) is 199 Å². The van der Waals surface area contributed by atoms with Gasteiger partial charge in [-0.25, -0.2) is 4.98 Å². The Hall–Kier alpha value is -6.75. The summed E-state index contributed by atoms with van der Waals surface area (Å²) in [5.74, 6) is 0. The Bertz CT molecular complexity index is 2760. The topological polar surface area (TPSA) is 29.3 Å². The Morgan fingerprint density at radius 1 is 0.415 bits per heavy atom. The average molecular weight is 697 g/mol. The molecule has 250 valence electrons. The summed E-state index contributed by atoms with van der Waals surface area (Å²) in [4.78, 5) is 7.35. The smallest absolute Gasteiger partial charge is 0.137 e. The number of nitrogens with zero attached hydrogens (tertiary/aromatic N) is 2. The second-order valence-corrected chi connectivity index (χ2v) is 14.2. The van der Waals surface area contributed by atoms with Crippen molar-refractivity contribution in [1.29, 1.82) is 0 Å². The van der Waals surface area contributed by atoms with Gasteiger partial charge < -0.3 is 9.32 Å². The van der Waals surface area contributed by atoms with E-state index < -0.39 is 0 Å². The van der Waals surface area contributed by atoms with E-state index in [1.54, 1.807) is 11.3 Å². The largest absolute Gasteiger partial charge is 0.456 e. The van der Waals surface area contributed by atoms with E-state index in [2.05, 4.69) is 193 Å². The van der Waals surface area contributed by atoms with Crippen molar-refractivity contribution in [3.05, 3.63) is 194 Å². The number of hydrogen-bond donors (Lipinski definition) is 0. The zero-order valence-corrected chi connectivity index (χ0v) is 29.5. The number of aromatic nitrogens is 1. The monoisotopic (exact) mass is 696 g/mol. The molecule has 2 heterocycles. The lowest BCUT2D eigenvalue weighted by atomic mass is 9.98. The lowest BCUT2D eigenvalue weighted by molar-refractivity contribution is 0.669. The third kappa shape index (κ3) is 5.76. The van der Waals surface area contributed by atoms with Crippen molar-refractivity contribution in [1.82, 2.24) is 4.98 Å². The highest BCUT2D eigenvalue weighted by molar-refractivity contribution is 7.21. The van der Waals surface area contributed by atoms with Gasteiger partial charge in [0, 0.05) is 39.5 Å². The molecular weight excluding hydrogens is 665 g/mol. The SMILES string of the molecule is c1ccc(-c2ccc(N(c3ccc(-c4ccccc4)cc3)c3ccc(-c4cccc5oc6cc7sc(-c8ccccc8)nc7cc6c45)cc3)cc2)cc1. The van der Waals surface area contributed by atoms with Crippen molar-refractivity contribution in [2.45, 2.75) is 0 Å². The van der Waals surface area contributed by atoms with Crippen molar-refractivity contribution in [3.8, 4) is 44.0 Å². The fraction of sp³-hybridized carbons (Fsp3) is 0. The Balaban J connectivity index is 1.04. The predicted molar refractivity (Wildman–Crippen MR) is 223 cm³/mol. The second-order valence-electron chi connectivity index (χ2n) is 13.2. The number of hydrogen-bond acceptors (Lipinski definition) is 4. The van der Waals surface area contributed by atoms with Gasteiger partial charge in [-0.2, -0.15) is 0 Å². The van der Waals surface area contributed by atoms with E-state index in [0.717, 1.165) is 70.9 Å². The first-order chi connectivity index (χ1) is 26.2. The maximum atomic E-state index is 6.47. The maximum Gasteiger partial charge on any atom is 0.137 e. The molecule has 0 saturated heterocycles. The standard InChI is InChI=1S/C49H32N2OS/c1-4-11-33(12-5-1)35-19-25-39(26-20-35)51(40-27-21-36(22-28-40)34-13-6-2-7-14-34)41-29-23-37(24-30-41)42-17-10-18-45-48(42)43-31-44-47(32-46(43)52-45)53-49(50-44)38-15-8-3-9-16-38/h1-32H. The lowest BCUT2D eigenvalue weighted by Crippen LogP contribution is -2.09. The molecule has 10 rings (SSSR count). The van der Waals surface area contributed by atoms with Gasteiger partial charge in [0.15, 0.2) is 0 Å². The molecule has 0 N–H and O–H groups in total. The van der Waals surface area contributed by atoms with Crippen LogP contribution in [0.3, 0.4) is 0 Å². The third-order valence-corrected chi connectivity index (χ3v) is 11.0. The van der Waals surface area contributed by atoms with Crippen molar-refractivity contribution in [2.75, 3.05) is 4.90 Å². The Labute approximate surface area is 311 Å². The first-order valence-corrected chi connectivity index (χ1v) is 18.6. The Kier molecular flexibility index (Phi) is 7.67. The van der Waals surface area contributed by atoms with Gasteiger partial charge in [0.2, 0.25) is 0 Å². The van der Waals surface area contributed by atoms with E-state index in [4.69, 9.17) is 9.40 Å². The van der Waals surface area contributed by atoms with E-state index >= 15 is 0 Å². The van der Waals surface area contributed by atoms with E-state index in [1.165, 1.54) is 22.3 Å². The average Bonchev–Trinajstić information content (AvgIpc) is 3.82. The number of rotatable bonds is 7. The molecule has 2 aromatic heterocycles. The molecule has 0 atom stereocenters. The number of anilines is 3. The highest BCUT2D eigenvalue weighted by Crippen LogP contribution is 2.42. The molecule has 3 nitrogen and oxygen atoms in total. The maximum absolute atomic E-state index is 6.47. The van der Waals surface area contributed by atoms with Gasteiger partial charge in [0.1, 0.15) is 16.2 Å². The van der Waals surface area contributed by atoms with E-state index in [-0.39, 0.29) is 0 Å². The van der Waals surface area contributed by atoms with Crippen LogP contribution in [0.5, 0.6) is 0 Å². The van der Waals surface area contributed by atoms with Crippen LogP contribution in [0.4, 0.5) is 17.1 Å². The third-order valence-electron chi connectivity index (χ3n) is 9.93. The zero-order valence-electron chi connectivity index (χ0n) is 28.7. The van der Waals surface area contributed by atoms with Crippen molar-refractivity contribution in [2.24, 2.45) is 0 Å². The number of benzene rings is 8. The van der Waals surface area contributed by atoms with Gasteiger partial charge in [-0.15, -0.1) is 11.3 Å². The normalized spacial score (nSPS) is 11.4. The van der Waals surface area contributed by atoms with Gasteiger partial charge in [-0.05, 0) is 81.9 Å². The Morgan fingerprint density at radius 3 is 1.45 bits per heavy atom. The van der Waals surface area contributed by atoms with Gasteiger partial charge in [0.05, 0.1) is 10.2 Å². The van der Waals surface area contributed by atoms with E-state index in [0.29, 0.717) is 0 Å². The van der Waals surface area contributed by atoms with Crippen LogP contribution in [0.25, 0.3) is 76.1 Å². The second kappa shape index (κ2) is 13.1. The Morgan fingerprint density at radius 2 is 0.906 bits per heavy atom. The van der Waals surface area contributed by atoms with Gasteiger partial charge in [-0.3, -0.25) is 0 Å². The molecule has 0 aliphatic heterocycles. The summed E-state index contributed by atoms with van der Waals surface area (Å²) in [5, 5.41) is 3.20. The van der Waals surface area contributed by atoms with Gasteiger partial charge in [0.25, 0.3) is 0 Å². The number of furan rings is 1. The molecule has 4 heteroatoms. The molecule has 0 spiro atoms. The van der Waals surface area contributed by atoms with Crippen molar-refractivity contribution in [3.63, 3.8) is 0 Å². The van der Waals surface area contributed by atoms with Crippen LogP contribution in [0.2, 0.25) is 0 Å². The van der Waals surface area contributed by atoms with Crippen molar-refractivity contribution >= 4 is 60.6 Å². The summed E-state index contributed by atoms with van der Waals surface area (Å²) in [6, 6.07) is 68.6. The van der Waals surface area contributed by atoms with Crippen molar-refractivity contribution < 1.29 is 4.42 Å². The van der Waals surface area contributed by atoms with Crippen LogP contribution in [-0.4, -0.2) is 4.98 Å². The molecule has 8 aromatic carbocycles. The minimum atomic E-state index is 0.876. The molecule has 0 bridgehead atoms. The van der Waals surface area contributed by atoms with Gasteiger partial charge in [-0.1, -0.05) is 140 Å². The summed E-state index contributed by atoms with van der Waals surface area (Å²) in [7, 11) is 0. The molecule has 0 aliphatic rings. The first-order valence-electron chi connectivity index (χ1n) is 17.8. The van der Waals surface area contributed by atoms with Crippen LogP contribution >= 0.6 is 11.3 Å². The van der Waals surface area contributed by atoms with E-state index in [1.807, 2.05) is 6.07 Å². The molecule has 0 fully saturated rings. The quantitative estimate of drug-likeness (QED) is 0.166. The zero-order chi connectivity index (χ0) is 35.1. The molecular formula is C49H32N2OS. The fourth-order valence-corrected chi connectivity index (χ4v) is 8.28. The summed E-state index contributed by atoms with van der Waals surface area (Å²) < 4.78 is 7.59. The minimum Gasteiger partial charge on any atom is -0.456 e. The molecule has 0 radical (unpaired) electrons. The summed E-state index contributed by atoms with van der Waals surface area (Å²) in [6.07, 6.45) is 0.